The Kier molecular flexibility index (Phi) is 6.30. The molecule has 2 aromatic carbocycles. The molecule has 2 rings (SSSR count). The second kappa shape index (κ2) is 8.46. The highest BCUT2D eigenvalue weighted by Gasteiger charge is 2.06. The normalized spacial score (nSPS) is 10.0. The molecule has 0 spiro atoms. The first-order chi connectivity index (χ1) is 10.6. The van der Waals surface area contributed by atoms with Gasteiger partial charge in [0.2, 0.25) is 11.8 Å². The number of carbonyl (C=O) groups excluding carboxylic acids is 2. The summed E-state index contributed by atoms with van der Waals surface area (Å²) in [6.45, 7) is 0. The van der Waals surface area contributed by atoms with Gasteiger partial charge in [-0.15, -0.1) is 11.8 Å². The molecule has 0 saturated carbocycles. The number of rotatable bonds is 6. The van der Waals surface area contributed by atoms with Gasteiger partial charge >= 0.3 is 0 Å². The number of halogens is 1. The minimum Gasteiger partial charge on any atom is -0.325 e. The summed E-state index contributed by atoms with van der Waals surface area (Å²) in [7, 11) is 0. The van der Waals surface area contributed by atoms with Gasteiger partial charge in [-0.2, -0.15) is 0 Å². The zero-order valence-electron chi connectivity index (χ0n) is 11.7. The first kappa shape index (κ1) is 16.4. The van der Waals surface area contributed by atoms with Gasteiger partial charge in [0.25, 0.3) is 0 Å². The van der Waals surface area contributed by atoms with Crippen LogP contribution in [0.2, 0.25) is 5.02 Å². The van der Waals surface area contributed by atoms with E-state index in [0.29, 0.717) is 10.7 Å². The maximum absolute atomic E-state index is 11.8. The van der Waals surface area contributed by atoms with Crippen LogP contribution < -0.4 is 10.6 Å². The summed E-state index contributed by atoms with van der Waals surface area (Å²) >= 11 is 7.10. The van der Waals surface area contributed by atoms with Crippen LogP contribution in [0, 0.1) is 0 Å². The monoisotopic (exact) mass is 334 g/mol. The topological polar surface area (TPSA) is 58.2 Å². The minimum absolute atomic E-state index is 0.133. The van der Waals surface area contributed by atoms with Crippen molar-refractivity contribution in [2.75, 3.05) is 22.1 Å². The van der Waals surface area contributed by atoms with Gasteiger partial charge in [0, 0.05) is 16.4 Å². The van der Waals surface area contributed by atoms with E-state index in [1.54, 1.807) is 24.3 Å². The molecule has 2 N–H and O–H groups in total. The van der Waals surface area contributed by atoms with Crippen molar-refractivity contribution in [3.63, 3.8) is 0 Å². The molecule has 2 aromatic rings. The van der Waals surface area contributed by atoms with Crippen molar-refractivity contribution in [1.82, 2.24) is 0 Å². The van der Waals surface area contributed by atoms with Gasteiger partial charge in [-0.3, -0.25) is 9.59 Å². The van der Waals surface area contributed by atoms with Crippen molar-refractivity contribution < 1.29 is 9.59 Å². The maximum Gasteiger partial charge on any atom is 0.234 e. The number of benzene rings is 2. The van der Waals surface area contributed by atoms with Crippen molar-refractivity contribution in [1.29, 1.82) is 0 Å². The van der Waals surface area contributed by atoms with Crippen LogP contribution in [0.15, 0.2) is 54.6 Å². The molecule has 0 fully saturated rings. The third-order valence-electron chi connectivity index (χ3n) is 2.63. The van der Waals surface area contributed by atoms with Gasteiger partial charge in [-0.1, -0.05) is 35.9 Å². The van der Waals surface area contributed by atoms with E-state index in [0.717, 1.165) is 5.69 Å². The summed E-state index contributed by atoms with van der Waals surface area (Å²) < 4.78 is 0. The fourth-order valence-electron chi connectivity index (χ4n) is 1.72. The Morgan fingerprint density at radius 1 is 0.864 bits per heavy atom. The Morgan fingerprint density at radius 3 is 2.09 bits per heavy atom. The van der Waals surface area contributed by atoms with Gasteiger partial charge in [0.05, 0.1) is 11.5 Å². The second-order valence-electron chi connectivity index (χ2n) is 4.47. The standard InChI is InChI=1S/C16H15ClN2O2S/c17-12-5-4-8-14(9-12)19-16(21)11-22-10-15(20)18-13-6-2-1-3-7-13/h1-9H,10-11H2,(H,18,20)(H,19,21). The van der Waals surface area contributed by atoms with Crippen molar-refractivity contribution in [3.05, 3.63) is 59.6 Å². The van der Waals surface area contributed by atoms with Crippen LogP contribution in [-0.2, 0) is 9.59 Å². The predicted molar refractivity (Wildman–Crippen MR) is 92.5 cm³/mol. The number of nitrogens with one attached hydrogen (secondary N) is 2. The smallest absolute Gasteiger partial charge is 0.234 e. The molecule has 114 valence electrons. The lowest BCUT2D eigenvalue weighted by Gasteiger charge is -2.06. The highest BCUT2D eigenvalue weighted by atomic mass is 35.5. The van der Waals surface area contributed by atoms with Crippen molar-refractivity contribution >= 4 is 46.6 Å². The third kappa shape index (κ3) is 5.79. The first-order valence-electron chi connectivity index (χ1n) is 6.61. The molecule has 0 aliphatic rings. The number of amides is 2. The lowest BCUT2D eigenvalue weighted by molar-refractivity contribution is -0.114. The summed E-state index contributed by atoms with van der Waals surface area (Å²) in [6.07, 6.45) is 0. The van der Waals surface area contributed by atoms with Crippen LogP contribution in [0.5, 0.6) is 0 Å². The van der Waals surface area contributed by atoms with E-state index in [4.69, 9.17) is 11.6 Å². The Bertz CT molecular complexity index is 650. The van der Waals surface area contributed by atoms with Crippen LogP contribution in [0.3, 0.4) is 0 Å². The molecule has 6 heteroatoms. The number of para-hydroxylation sites is 1. The molecule has 0 heterocycles. The second-order valence-corrected chi connectivity index (χ2v) is 5.89. The van der Waals surface area contributed by atoms with Crippen LogP contribution in [0.1, 0.15) is 0 Å². The molecule has 0 aromatic heterocycles. The molecule has 0 atom stereocenters. The average molecular weight is 335 g/mol. The molecule has 0 radical (unpaired) electrons. The fraction of sp³-hybridized carbons (Fsp3) is 0.125. The minimum atomic E-state index is -0.167. The van der Waals surface area contributed by atoms with Gasteiger partial charge in [-0.25, -0.2) is 0 Å². The van der Waals surface area contributed by atoms with Gasteiger partial charge in [0.15, 0.2) is 0 Å². The van der Waals surface area contributed by atoms with Crippen molar-refractivity contribution in [2.45, 2.75) is 0 Å². The summed E-state index contributed by atoms with van der Waals surface area (Å²) in [5.41, 5.74) is 1.39. The van der Waals surface area contributed by atoms with Gasteiger partial charge < -0.3 is 10.6 Å². The van der Waals surface area contributed by atoms with Crippen LogP contribution in [-0.4, -0.2) is 23.3 Å². The lowest BCUT2D eigenvalue weighted by Crippen LogP contribution is -2.18. The Balaban J connectivity index is 1.69. The molecular weight excluding hydrogens is 320 g/mol. The molecule has 0 aliphatic heterocycles. The Morgan fingerprint density at radius 2 is 1.45 bits per heavy atom. The Hall–Kier alpha value is -1.98. The van der Waals surface area contributed by atoms with E-state index in [-0.39, 0.29) is 23.3 Å². The van der Waals surface area contributed by atoms with Crippen LogP contribution in [0.25, 0.3) is 0 Å². The highest BCUT2D eigenvalue weighted by molar-refractivity contribution is 8.00. The van der Waals surface area contributed by atoms with Crippen molar-refractivity contribution in [2.24, 2.45) is 0 Å². The van der Waals surface area contributed by atoms with Crippen molar-refractivity contribution in [3.8, 4) is 0 Å². The number of hydrogen-bond donors (Lipinski definition) is 2. The van der Waals surface area contributed by atoms with E-state index in [9.17, 15) is 9.59 Å². The van der Waals surface area contributed by atoms with Crippen LogP contribution in [0.4, 0.5) is 11.4 Å². The summed E-state index contributed by atoms with van der Waals surface area (Å²) in [5.74, 6) is 0.124. The SMILES string of the molecule is O=C(CSCC(=O)Nc1cccc(Cl)c1)Nc1ccccc1. The van der Waals surface area contributed by atoms with Gasteiger partial charge in [-0.05, 0) is 30.3 Å². The number of anilines is 2. The molecule has 0 unspecified atom stereocenters. The Labute approximate surface area is 138 Å². The molecule has 0 bridgehead atoms. The van der Waals surface area contributed by atoms with E-state index in [1.807, 2.05) is 30.3 Å². The molecule has 0 aliphatic carbocycles. The zero-order valence-corrected chi connectivity index (χ0v) is 13.3. The summed E-state index contributed by atoms with van der Waals surface area (Å²) in [5, 5.41) is 6.06. The largest absolute Gasteiger partial charge is 0.325 e. The first-order valence-corrected chi connectivity index (χ1v) is 8.15. The lowest BCUT2D eigenvalue weighted by atomic mass is 10.3. The highest BCUT2D eigenvalue weighted by Crippen LogP contribution is 2.15. The molecule has 4 nitrogen and oxygen atoms in total. The van der Waals surface area contributed by atoms with Crippen LogP contribution >= 0.6 is 23.4 Å². The number of carbonyl (C=O) groups is 2. The third-order valence-corrected chi connectivity index (χ3v) is 3.80. The molecular formula is C16H15ClN2O2S. The average Bonchev–Trinajstić information content (AvgIpc) is 2.48. The predicted octanol–water partition coefficient (Wildman–Crippen LogP) is 3.65. The van der Waals surface area contributed by atoms with E-state index in [2.05, 4.69) is 10.6 Å². The van der Waals surface area contributed by atoms with E-state index >= 15 is 0 Å². The number of hydrogen-bond acceptors (Lipinski definition) is 3. The fourth-order valence-corrected chi connectivity index (χ4v) is 2.53. The van der Waals surface area contributed by atoms with E-state index < -0.39 is 0 Å². The molecule has 2 amide bonds. The summed E-state index contributed by atoms with van der Waals surface area (Å²) in [6, 6.07) is 16.1. The molecule has 0 saturated heterocycles. The number of thioether (sulfide) groups is 1. The zero-order chi connectivity index (χ0) is 15.8. The molecule has 22 heavy (non-hydrogen) atoms. The van der Waals surface area contributed by atoms with Gasteiger partial charge in [0.1, 0.15) is 0 Å². The van der Waals surface area contributed by atoms with E-state index in [1.165, 1.54) is 11.8 Å². The quantitative estimate of drug-likeness (QED) is 0.847. The summed E-state index contributed by atoms with van der Waals surface area (Å²) in [4.78, 5) is 23.5. The maximum atomic E-state index is 11.8.